The molecule has 0 amide bonds. The summed E-state index contributed by atoms with van der Waals surface area (Å²) in [5.41, 5.74) is 5.33. The van der Waals surface area contributed by atoms with Crippen molar-refractivity contribution in [3.05, 3.63) is 38.9 Å². The average molecular weight is 461 g/mol. The van der Waals surface area contributed by atoms with E-state index in [9.17, 15) is 19.6 Å². The van der Waals surface area contributed by atoms with Crippen LogP contribution in [0.15, 0.2) is 17.1 Å². The third-order valence-corrected chi connectivity index (χ3v) is 6.20. The maximum absolute atomic E-state index is 15.1. The lowest BCUT2D eigenvalue weighted by atomic mass is 9.98. The predicted molar refractivity (Wildman–Crippen MR) is 116 cm³/mol. The molecule has 4 rings (SSSR count). The summed E-state index contributed by atoms with van der Waals surface area (Å²) >= 11 is 6.64. The molecule has 168 valence electrons. The lowest BCUT2D eigenvalue weighted by molar-refractivity contribution is -0.144. The van der Waals surface area contributed by atoms with Crippen molar-refractivity contribution >= 4 is 39.9 Å². The summed E-state index contributed by atoms with van der Waals surface area (Å²) < 4.78 is 21.6. The van der Waals surface area contributed by atoms with Crippen LogP contribution in [0.25, 0.3) is 10.9 Å². The monoisotopic (exact) mass is 460 g/mol. The van der Waals surface area contributed by atoms with Gasteiger partial charge in [0.15, 0.2) is 11.2 Å². The number of esters is 1. The van der Waals surface area contributed by atoms with E-state index in [2.05, 4.69) is 0 Å². The molecule has 2 heterocycles. The van der Waals surface area contributed by atoms with Gasteiger partial charge in [0.05, 0.1) is 39.9 Å². The van der Waals surface area contributed by atoms with Crippen LogP contribution in [-0.2, 0) is 9.53 Å². The number of carbonyl (C=O) groups is 2. The molecule has 2 N–H and O–H groups in total. The SMILES string of the molecule is CCOC(=O)C(C#N)C(=O)c1cn(C2CC2)c2c(Cl)c(N3CCC(N)C3)c(F)cc2c1=O. The first-order valence-corrected chi connectivity index (χ1v) is 10.8. The van der Waals surface area contributed by atoms with Gasteiger partial charge < -0.3 is 19.9 Å². The Hall–Kier alpha value is -2.96. The molecule has 0 spiro atoms. The van der Waals surface area contributed by atoms with E-state index in [1.54, 1.807) is 22.5 Å². The maximum Gasteiger partial charge on any atom is 0.331 e. The number of benzene rings is 1. The summed E-state index contributed by atoms with van der Waals surface area (Å²) in [4.78, 5) is 40.0. The van der Waals surface area contributed by atoms with Crippen molar-refractivity contribution in [3.8, 4) is 6.07 Å². The first-order chi connectivity index (χ1) is 15.3. The van der Waals surface area contributed by atoms with Crippen LogP contribution in [0.1, 0.15) is 42.6 Å². The van der Waals surface area contributed by atoms with E-state index in [-0.39, 0.29) is 40.4 Å². The number of nitrogens with two attached hydrogens (primary N) is 1. The fourth-order valence-corrected chi connectivity index (χ4v) is 4.54. The number of aromatic nitrogens is 1. The topological polar surface area (TPSA) is 118 Å². The van der Waals surface area contributed by atoms with Gasteiger partial charge in [-0.15, -0.1) is 0 Å². The van der Waals surface area contributed by atoms with E-state index in [4.69, 9.17) is 22.1 Å². The quantitative estimate of drug-likeness (QED) is 0.399. The van der Waals surface area contributed by atoms with Crippen molar-refractivity contribution in [2.45, 2.75) is 38.3 Å². The van der Waals surface area contributed by atoms with Gasteiger partial charge in [-0.3, -0.25) is 14.4 Å². The minimum Gasteiger partial charge on any atom is -0.465 e. The smallest absolute Gasteiger partial charge is 0.331 e. The summed E-state index contributed by atoms with van der Waals surface area (Å²) in [5, 5.41) is 9.35. The number of hydrogen-bond donors (Lipinski definition) is 1. The highest BCUT2D eigenvalue weighted by Crippen LogP contribution is 2.42. The first-order valence-electron chi connectivity index (χ1n) is 10.5. The Balaban J connectivity index is 1.91. The van der Waals surface area contributed by atoms with Crippen LogP contribution in [0.4, 0.5) is 10.1 Å². The lowest BCUT2D eigenvalue weighted by Crippen LogP contribution is -2.30. The predicted octanol–water partition coefficient (Wildman–Crippen LogP) is 2.55. The zero-order valence-electron chi connectivity index (χ0n) is 17.4. The number of nitriles is 1. The van der Waals surface area contributed by atoms with Gasteiger partial charge in [0, 0.05) is 31.4 Å². The Bertz CT molecular complexity index is 1220. The van der Waals surface area contributed by atoms with Gasteiger partial charge in [-0.05, 0) is 32.3 Å². The molecule has 0 radical (unpaired) electrons. The summed E-state index contributed by atoms with van der Waals surface area (Å²) in [7, 11) is 0. The van der Waals surface area contributed by atoms with Crippen LogP contribution in [0.3, 0.4) is 0 Å². The number of hydrogen-bond acceptors (Lipinski definition) is 7. The second kappa shape index (κ2) is 8.52. The second-order valence-corrected chi connectivity index (χ2v) is 8.48. The summed E-state index contributed by atoms with van der Waals surface area (Å²) in [6, 6.07) is 2.56. The molecule has 1 saturated heterocycles. The third-order valence-electron chi connectivity index (χ3n) is 5.84. The van der Waals surface area contributed by atoms with E-state index in [0.29, 0.717) is 25.0 Å². The number of halogens is 2. The fraction of sp³-hybridized carbons (Fsp3) is 0.455. The number of ketones is 1. The molecule has 0 bridgehead atoms. The highest BCUT2D eigenvalue weighted by Gasteiger charge is 2.35. The lowest BCUT2D eigenvalue weighted by Gasteiger charge is -2.23. The molecule has 1 aromatic heterocycles. The highest BCUT2D eigenvalue weighted by atomic mass is 35.5. The van der Waals surface area contributed by atoms with Crippen LogP contribution < -0.4 is 16.1 Å². The van der Waals surface area contributed by atoms with E-state index in [0.717, 1.165) is 18.9 Å². The average Bonchev–Trinajstić information content (AvgIpc) is 3.50. The molecule has 2 unspecified atom stereocenters. The van der Waals surface area contributed by atoms with Gasteiger partial charge in [-0.25, -0.2) is 4.39 Å². The molecule has 1 saturated carbocycles. The van der Waals surface area contributed by atoms with E-state index in [1.165, 1.54) is 6.20 Å². The number of nitrogens with zero attached hydrogens (tertiary/aromatic N) is 3. The molecule has 1 aromatic carbocycles. The maximum atomic E-state index is 15.1. The van der Waals surface area contributed by atoms with E-state index < -0.39 is 28.9 Å². The highest BCUT2D eigenvalue weighted by molar-refractivity contribution is 6.38. The van der Waals surface area contributed by atoms with Crippen molar-refractivity contribution in [3.63, 3.8) is 0 Å². The van der Waals surface area contributed by atoms with Crippen molar-refractivity contribution in [2.75, 3.05) is 24.6 Å². The van der Waals surface area contributed by atoms with E-state index >= 15 is 4.39 Å². The van der Waals surface area contributed by atoms with Crippen LogP contribution in [0.2, 0.25) is 5.02 Å². The van der Waals surface area contributed by atoms with Crippen molar-refractivity contribution in [1.29, 1.82) is 5.26 Å². The molecule has 2 fully saturated rings. The van der Waals surface area contributed by atoms with Gasteiger partial charge in [0.2, 0.25) is 5.92 Å². The van der Waals surface area contributed by atoms with Gasteiger partial charge >= 0.3 is 5.97 Å². The van der Waals surface area contributed by atoms with Crippen molar-refractivity contribution in [2.24, 2.45) is 11.7 Å². The minimum absolute atomic E-state index is 0.0158. The van der Waals surface area contributed by atoms with Gasteiger partial charge in [-0.2, -0.15) is 5.26 Å². The largest absolute Gasteiger partial charge is 0.465 e. The number of rotatable bonds is 6. The Morgan fingerprint density at radius 1 is 1.41 bits per heavy atom. The zero-order valence-corrected chi connectivity index (χ0v) is 18.2. The van der Waals surface area contributed by atoms with Gasteiger partial charge in [-0.1, -0.05) is 11.6 Å². The minimum atomic E-state index is -1.78. The Labute approximate surface area is 188 Å². The molecule has 32 heavy (non-hydrogen) atoms. The normalized spacial score (nSPS) is 19.1. The number of carbonyl (C=O) groups excluding carboxylic acids is 2. The second-order valence-electron chi connectivity index (χ2n) is 8.10. The van der Waals surface area contributed by atoms with Crippen LogP contribution in [-0.4, -0.2) is 42.1 Å². The third kappa shape index (κ3) is 3.74. The number of ether oxygens (including phenoxy) is 1. The van der Waals surface area contributed by atoms with Gasteiger partial charge in [0.25, 0.3) is 0 Å². The molecular formula is C22H22ClFN4O4. The molecule has 2 aromatic rings. The molecule has 8 nitrogen and oxygen atoms in total. The first kappa shape index (κ1) is 22.2. The molecule has 1 aliphatic heterocycles. The van der Waals surface area contributed by atoms with Crippen molar-refractivity contribution in [1.82, 2.24) is 4.57 Å². The standard InChI is InChI=1S/C22H22ClFN4O4/c1-2-32-22(31)14(8-25)21(30)15-10-28(12-3-4-12)18-13(20(15)29)7-16(24)19(17(18)23)27-6-5-11(26)9-27/h7,10-12,14H,2-6,9,26H2,1H3. The molecular weight excluding hydrogens is 439 g/mol. The Morgan fingerprint density at radius 3 is 2.69 bits per heavy atom. The molecule has 1 aliphatic carbocycles. The summed E-state index contributed by atoms with van der Waals surface area (Å²) in [5.74, 6) is -4.47. The number of pyridine rings is 1. The fourth-order valence-electron chi connectivity index (χ4n) is 4.13. The summed E-state index contributed by atoms with van der Waals surface area (Å²) in [6.07, 6.45) is 3.61. The number of fused-ring (bicyclic) bond motifs is 1. The Morgan fingerprint density at radius 2 is 2.12 bits per heavy atom. The van der Waals surface area contributed by atoms with Crippen molar-refractivity contribution < 1.29 is 18.7 Å². The number of anilines is 1. The van der Waals surface area contributed by atoms with E-state index in [1.807, 2.05) is 0 Å². The van der Waals surface area contributed by atoms with Gasteiger partial charge in [0.1, 0.15) is 5.82 Å². The molecule has 2 atom stereocenters. The molecule has 2 aliphatic rings. The molecule has 10 heteroatoms. The van der Waals surface area contributed by atoms with Crippen LogP contribution >= 0.6 is 11.6 Å². The zero-order chi connectivity index (χ0) is 23.2. The number of Topliss-reactive ketones (excluding diaryl/α,β-unsaturated/α-hetero) is 1. The summed E-state index contributed by atoms with van der Waals surface area (Å²) in [6.45, 7) is 2.51. The van der Waals surface area contributed by atoms with Crippen LogP contribution in [0, 0.1) is 23.1 Å². The van der Waals surface area contributed by atoms with Crippen LogP contribution in [0.5, 0.6) is 0 Å². The Kier molecular flexibility index (Phi) is 5.93.